The van der Waals surface area contributed by atoms with E-state index in [1.54, 1.807) is 12.1 Å². The van der Waals surface area contributed by atoms with Gasteiger partial charge in [0.05, 0.1) is 5.56 Å². The molecule has 1 saturated heterocycles. The van der Waals surface area contributed by atoms with E-state index in [0.29, 0.717) is 31.7 Å². The second kappa shape index (κ2) is 5.60. The van der Waals surface area contributed by atoms with Crippen molar-refractivity contribution in [2.75, 3.05) is 13.1 Å². The summed E-state index contributed by atoms with van der Waals surface area (Å²) in [6.07, 6.45) is 0.371. The molecule has 0 saturated carbocycles. The van der Waals surface area contributed by atoms with Crippen LogP contribution in [-0.4, -0.2) is 46.4 Å². The second-order valence-corrected chi connectivity index (χ2v) is 4.42. The third kappa shape index (κ3) is 3.37. The summed E-state index contributed by atoms with van der Waals surface area (Å²) in [6.45, 7) is 0.931. The molecule has 2 N–H and O–H groups in total. The Morgan fingerprint density at radius 1 is 1.11 bits per heavy atom. The highest BCUT2D eigenvalue weighted by atomic mass is 16.5. The van der Waals surface area contributed by atoms with Crippen LogP contribution in [0, 0.1) is 0 Å². The monoisotopic (exact) mass is 265 g/mol. The normalized spacial score (nSPS) is 16.1. The Hall–Kier alpha value is -2.24. The molecule has 0 spiro atoms. The van der Waals surface area contributed by atoms with Crippen molar-refractivity contribution in [1.82, 2.24) is 4.90 Å². The first-order valence-corrected chi connectivity index (χ1v) is 6.04. The van der Waals surface area contributed by atoms with E-state index in [0.717, 1.165) is 0 Å². The minimum Gasteiger partial charge on any atom is -0.490 e. The van der Waals surface area contributed by atoms with Crippen LogP contribution in [0.4, 0.5) is 4.79 Å². The SMILES string of the molecule is O=C(O)c1ccc(OC2CCN(C(=O)O)CC2)cc1. The topological polar surface area (TPSA) is 87.1 Å². The molecule has 1 heterocycles. The fourth-order valence-corrected chi connectivity index (χ4v) is 2.03. The largest absolute Gasteiger partial charge is 0.490 e. The van der Waals surface area contributed by atoms with Gasteiger partial charge in [0.25, 0.3) is 0 Å². The van der Waals surface area contributed by atoms with Crippen molar-refractivity contribution in [3.05, 3.63) is 29.8 Å². The summed E-state index contributed by atoms with van der Waals surface area (Å²) in [5.41, 5.74) is 0.216. The number of aromatic carboxylic acids is 1. The maximum atomic E-state index is 10.8. The van der Waals surface area contributed by atoms with Crippen molar-refractivity contribution >= 4 is 12.1 Å². The number of hydrogen-bond donors (Lipinski definition) is 2. The van der Waals surface area contributed by atoms with Crippen LogP contribution >= 0.6 is 0 Å². The zero-order chi connectivity index (χ0) is 13.8. The Morgan fingerprint density at radius 3 is 2.16 bits per heavy atom. The Balaban J connectivity index is 1.88. The zero-order valence-corrected chi connectivity index (χ0v) is 10.3. The third-order valence-electron chi connectivity index (χ3n) is 3.12. The van der Waals surface area contributed by atoms with E-state index in [-0.39, 0.29) is 11.7 Å². The number of hydrogen-bond acceptors (Lipinski definition) is 3. The molecule has 102 valence electrons. The van der Waals surface area contributed by atoms with Gasteiger partial charge in [0.2, 0.25) is 0 Å². The molecule has 6 nitrogen and oxygen atoms in total. The number of rotatable bonds is 3. The van der Waals surface area contributed by atoms with Gasteiger partial charge in [-0.05, 0) is 24.3 Å². The van der Waals surface area contributed by atoms with Crippen LogP contribution in [0.15, 0.2) is 24.3 Å². The van der Waals surface area contributed by atoms with Gasteiger partial charge in [0.1, 0.15) is 11.9 Å². The number of carboxylic acid groups (broad SMARTS) is 2. The predicted octanol–water partition coefficient (Wildman–Crippen LogP) is 1.91. The number of benzene rings is 1. The molecule has 1 amide bonds. The number of piperidine rings is 1. The Bertz CT molecular complexity index is 462. The summed E-state index contributed by atoms with van der Waals surface area (Å²) >= 11 is 0. The molecule has 0 aromatic heterocycles. The molecule has 1 aromatic carbocycles. The van der Waals surface area contributed by atoms with Gasteiger partial charge >= 0.3 is 12.1 Å². The predicted molar refractivity (Wildman–Crippen MR) is 66.6 cm³/mol. The minimum absolute atomic E-state index is 0.0220. The standard InChI is InChI=1S/C13H15NO5/c15-12(16)9-1-3-10(4-2-9)19-11-5-7-14(8-6-11)13(17)18/h1-4,11H,5-8H2,(H,15,16)(H,17,18). The van der Waals surface area contributed by atoms with Crippen LogP contribution in [0.5, 0.6) is 5.75 Å². The molecule has 19 heavy (non-hydrogen) atoms. The highest BCUT2D eigenvalue weighted by molar-refractivity contribution is 5.87. The number of likely N-dealkylation sites (tertiary alicyclic amines) is 1. The first-order chi connectivity index (χ1) is 9.06. The highest BCUT2D eigenvalue weighted by Crippen LogP contribution is 2.19. The van der Waals surface area contributed by atoms with Crippen molar-refractivity contribution < 1.29 is 24.5 Å². The van der Waals surface area contributed by atoms with Gasteiger partial charge in [-0.2, -0.15) is 0 Å². The minimum atomic E-state index is -0.971. The van der Waals surface area contributed by atoms with Gasteiger partial charge in [-0.15, -0.1) is 0 Å². The quantitative estimate of drug-likeness (QED) is 0.871. The highest BCUT2D eigenvalue weighted by Gasteiger charge is 2.23. The summed E-state index contributed by atoms with van der Waals surface area (Å²) in [7, 11) is 0. The van der Waals surface area contributed by atoms with Crippen molar-refractivity contribution in [2.45, 2.75) is 18.9 Å². The molecule has 1 aliphatic heterocycles. The maximum Gasteiger partial charge on any atom is 0.407 e. The van der Waals surface area contributed by atoms with Gasteiger partial charge in [-0.3, -0.25) is 0 Å². The van der Waals surface area contributed by atoms with Gasteiger partial charge in [-0.25, -0.2) is 9.59 Å². The lowest BCUT2D eigenvalue weighted by Crippen LogP contribution is -2.41. The fraction of sp³-hybridized carbons (Fsp3) is 0.385. The van der Waals surface area contributed by atoms with Gasteiger partial charge in [-0.1, -0.05) is 0 Å². The third-order valence-corrected chi connectivity index (χ3v) is 3.12. The first-order valence-electron chi connectivity index (χ1n) is 6.04. The summed E-state index contributed by atoms with van der Waals surface area (Å²) in [4.78, 5) is 22.8. The summed E-state index contributed by atoms with van der Waals surface area (Å²) in [5.74, 6) is -0.361. The molecule has 1 fully saturated rings. The van der Waals surface area contributed by atoms with Crippen LogP contribution in [-0.2, 0) is 0 Å². The average Bonchev–Trinajstić information content (AvgIpc) is 2.40. The molecule has 2 rings (SSSR count). The van der Waals surface area contributed by atoms with Gasteiger partial charge in [0.15, 0.2) is 0 Å². The van der Waals surface area contributed by atoms with Crippen LogP contribution in [0.3, 0.4) is 0 Å². The second-order valence-electron chi connectivity index (χ2n) is 4.42. The first kappa shape index (κ1) is 13.2. The van der Waals surface area contributed by atoms with E-state index >= 15 is 0 Å². The maximum absolute atomic E-state index is 10.8. The summed E-state index contributed by atoms with van der Waals surface area (Å²) in [5, 5.41) is 17.6. The lowest BCUT2D eigenvalue weighted by atomic mass is 10.1. The van der Waals surface area contributed by atoms with Crippen LogP contribution in [0.1, 0.15) is 23.2 Å². The van der Waals surface area contributed by atoms with Crippen LogP contribution in [0.2, 0.25) is 0 Å². The van der Waals surface area contributed by atoms with Crippen LogP contribution < -0.4 is 4.74 Å². The molecule has 0 atom stereocenters. The van der Waals surface area contributed by atoms with E-state index in [1.165, 1.54) is 17.0 Å². The summed E-state index contributed by atoms with van der Waals surface area (Å²) < 4.78 is 5.71. The Morgan fingerprint density at radius 2 is 1.68 bits per heavy atom. The molecule has 0 bridgehead atoms. The van der Waals surface area contributed by atoms with Crippen molar-refractivity contribution in [1.29, 1.82) is 0 Å². The fourth-order valence-electron chi connectivity index (χ4n) is 2.03. The van der Waals surface area contributed by atoms with E-state index in [2.05, 4.69) is 0 Å². The molecule has 1 aliphatic rings. The van der Waals surface area contributed by atoms with Gasteiger partial charge < -0.3 is 19.8 Å². The molecule has 1 aromatic rings. The number of nitrogens with zero attached hydrogens (tertiary/aromatic N) is 1. The van der Waals surface area contributed by atoms with E-state index in [1.807, 2.05) is 0 Å². The molecule has 0 unspecified atom stereocenters. The zero-order valence-electron chi connectivity index (χ0n) is 10.3. The number of ether oxygens (including phenoxy) is 1. The van der Waals surface area contributed by atoms with E-state index < -0.39 is 12.1 Å². The summed E-state index contributed by atoms with van der Waals surface area (Å²) in [6, 6.07) is 6.22. The lowest BCUT2D eigenvalue weighted by Gasteiger charge is -2.30. The number of amides is 1. The number of carbonyl (C=O) groups is 2. The Labute approximate surface area is 110 Å². The molecule has 6 heteroatoms. The smallest absolute Gasteiger partial charge is 0.407 e. The lowest BCUT2D eigenvalue weighted by molar-refractivity contribution is 0.0696. The van der Waals surface area contributed by atoms with Crippen molar-refractivity contribution in [3.8, 4) is 5.75 Å². The van der Waals surface area contributed by atoms with Crippen LogP contribution in [0.25, 0.3) is 0 Å². The van der Waals surface area contributed by atoms with Gasteiger partial charge in [0, 0.05) is 25.9 Å². The Kier molecular flexibility index (Phi) is 3.89. The average molecular weight is 265 g/mol. The molecule has 0 radical (unpaired) electrons. The van der Waals surface area contributed by atoms with Crippen molar-refractivity contribution in [3.63, 3.8) is 0 Å². The van der Waals surface area contributed by atoms with Crippen molar-refractivity contribution in [2.24, 2.45) is 0 Å². The van der Waals surface area contributed by atoms with E-state index in [4.69, 9.17) is 14.9 Å². The van der Waals surface area contributed by atoms with E-state index in [9.17, 15) is 9.59 Å². The molecular weight excluding hydrogens is 250 g/mol. The molecular formula is C13H15NO5. The molecule has 0 aliphatic carbocycles. The number of carboxylic acids is 1.